The number of imidazole rings is 2. The molecule has 2 aromatic heterocycles. The number of ether oxygens (including phenoxy) is 1. The van der Waals surface area contributed by atoms with Crippen LogP contribution in [0.3, 0.4) is 0 Å². The van der Waals surface area contributed by atoms with Crippen molar-refractivity contribution >= 4 is 33.9 Å². The maximum Gasteiger partial charge on any atom is 0.251 e. The van der Waals surface area contributed by atoms with Gasteiger partial charge in [-0.15, -0.1) is 0 Å². The van der Waals surface area contributed by atoms with Crippen LogP contribution in [0.15, 0.2) is 36.4 Å². The predicted molar refractivity (Wildman–Crippen MR) is 116 cm³/mol. The highest BCUT2D eigenvalue weighted by atomic mass is 16.5. The third kappa shape index (κ3) is 3.29. The van der Waals surface area contributed by atoms with Crippen molar-refractivity contribution in [3.05, 3.63) is 53.3 Å². The van der Waals surface area contributed by atoms with Crippen LogP contribution in [0.5, 0.6) is 0 Å². The lowest BCUT2D eigenvalue weighted by Crippen LogP contribution is -2.37. The number of carbonyl (C=O) groups excluding carboxylic acids is 1. The lowest BCUT2D eigenvalue weighted by Gasteiger charge is -2.27. The number of H-pyrrole nitrogens is 1. The van der Waals surface area contributed by atoms with E-state index in [9.17, 15) is 4.79 Å². The Bertz CT molecular complexity index is 1240. The molecule has 0 radical (unpaired) electrons. The molecule has 0 unspecified atom stereocenters. The first-order chi connectivity index (χ1) is 14.6. The zero-order valence-electron chi connectivity index (χ0n) is 17.1. The summed E-state index contributed by atoms with van der Waals surface area (Å²) < 4.78 is 7.50. The standard InChI is InChI=1S/C22H24N6O2/c1-14-4-3-5-16-20(14)26-19(24-16)13-23-21(29)15-6-7-18-17(12-15)25-22(27(18)2)28-8-10-30-11-9-28/h3-7,12H,8-11,13H2,1-2H3,(H,23,29)(H,24,26). The van der Waals surface area contributed by atoms with Gasteiger partial charge in [-0.05, 0) is 36.8 Å². The van der Waals surface area contributed by atoms with Crippen LogP contribution in [0, 0.1) is 6.92 Å². The van der Waals surface area contributed by atoms with E-state index in [2.05, 4.69) is 24.8 Å². The molecule has 0 bridgehead atoms. The summed E-state index contributed by atoms with van der Waals surface area (Å²) in [6.45, 7) is 5.42. The van der Waals surface area contributed by atoms with Crippen LogP contribution in [0.2, 0.25) is 0 Å². The molecular formula is C22H24N6O2. The van der Waals surface area contributed by atoms with Gasteiger partial charge in [-0.3, -0.25) is 4.79 Å². The van der Waals surface area contributed by atoms with E-state index in [-0.39, 0.29) is 5.91 Å². The fourth-order valence-corrected chi connectivity index (χ4v) is 3.95. The van der Waals surface area contributed by atoms with Crippen molar-refractivity contribution in [3.8, 4) is 0 Å². The van der Waals surface area contributed by atoms with Crippen molar-refractivity contribution in [2.24, 2.45) is 7.05 Å². The molecule has 3 heterocycles. The molecule has 0 spiro atoms. The number of benzene rings is 2. The summed E-state index contributed by atoms with van der Waals surface area (Å²) in [5, 5.41) is 2.95. The first-order valence-corrected chi connectivity index (χ1v) is 10.1. The lowest BCUT2D eigenvalue weighted by atomic mass is 10.2. The maximum atomic E-state index is 12.7. The number of hydrogen-bond acceptors (Lipinski definition) is 5. The van der Waals surface area contributed by atoms with Crippen molar-refractivity contribution in [2.75, 3.05) is 31.2 Å². The van der Waals surface area contributed by atoms with Gasteiger partial charge in [-0.25, -0.2) is 9.97 Å². The molecule has 8 nitrogen and oxygen atoms in total. The van der Waals surface area contributed by atoms with Crippen molar-refractivity contribution in [2.45, 2.75) is 13.5 Å². The molecule has 1 aliphatic heterocycles. The van der Waals surface area contributed by atoms with Crippen molar-refractivity contribution < 1.29 is 9.53 Å². The van der Waals surface area contributed by atoms with E-state index in [0.29, 0.717) is 25.3 Å². The highest BCUT2D eigenvalue weighted by Gasteiger charge is 2.18. The maximum absolute atomic E-state index is 12.7. The van der Waals surface area contributed by atoms with Gasteiger partial charge in [0.2, 0.25) is 5.95 Å². The highest BCUT2D eigenvalue weighted by Crippen LogP contribution is 2.23. The third-order valence-electron chi connectivity index (χ3n) is 5.59. The summed E-state index contributed by atoms with van der Waals surface area (Å²) >= 11 is 0. The predicted octanol–water partition coefficient (Wildman–Crippen LogP) is 2.52. The Morgan fingerprint density at radius 2 is 2.03 bits per heavy atom. The van der Waals surface area contributed by atoms with E-state index in [1.54, 1.807) is 0 Å². The average molecular weight is 404 g/mol. The second kappa shape index (κ2) is 7.46. The van der Waals surface area contributed by atoms with E-state index in [0.717, 1.165) is 52.5 Å². The zero-order valence-corrected chi connectivity index (χ0v) is 17.1. The van der Waals surface area contributed by atoms with E-state index in [1.807, 2.05) is 50.4 Å². The number of hydrogen-bond donors (Lipinski definition) is 2. The zero-order chi connectivity index (χ0) is 20.7. The number of anilines is 1. The Morgan fingerprint density at radius 1 is 1.20 bits per heavy atom. The van der Waals surface area contributed by atoms with Gasteiger partial charge in [0, 0.05) is 25.7 Å². The minimum atomic E-state index is -0.146. The normalized spacial score (nSPS) is 14.5. The number of morpholine rings is 1. The summed E-state index contributed by atoms with van der Waals surface area (Å²) in [4.78, 5) is 27.6. The molecular weight excluding hydrogens is 380 g/mol. The second-order valence-electron chi connectivity index (χ2n) is 7.61. The molecule has 0 aliphatic carbocycles. The van der Waals surface area contributed by atoms with Crippen molar-refractivity contribution in [1.82, 2.24) is 24.8 Å². The number of aromatic nitrogens is 4. The number of aryl methyl sites for hydroxylation is 2. The Kier molecular flexibility index (Phi) is 4.63. The Morgan fingerprint density at radius 3 is 2.83 bits per heavy atom. The summed E-state index contributed by atoms with van der Waals surface area (Å²) in [7, 11) is 2.00. The number of amides is 1. The molecule has 2 N–H and O–H groups in total. The van der Waals surface area contributed by atoms with Crippen LogP contribution in [0.1, 0.15) is 21.7 Å². The molecule has 4 aromatic rings. The van der Waals surface area contributed by atoms with Crippen LogP contribution >= 0.6 is 0 Å². The minimum absolute atomic E-state index is 0.146. The van der Waals surface area contributed by atoms with E-state index in [4.69, 9.17) is 9.72 Å². The fourth-order valence-electron chi connectivity index (χ4n) is 3.95. The van der Waals surface area contributed by atoms with Crippen LogP contribution in [0.4, 0.5) is 5.95 Å². The topological polar surface area (TPSA) is 88.1 Å². The van der Waals surface area contributed by atoms with Gasteiger partial charge in [0.25, 0.3) is 5.91 Å². The smallest absolute Gasteiger partial charge is 0.251 e. The number of nitrogens with zero attached hydrogens (tertiary/aromatic N) is 4. The molecule has 1 amide bonds. The first kappa shape index (κ1) is 18.6. The molecule has 0 atom stereocenters. The van der Waals surface area contributed by atoms with Crippen LogP contribution in [0.25, 0.3) is 22.1 Å². The van der Waals surface area contributed by atoms with Crippen LogP contribution in [-0.4, -0.2) is 51.7 Å². The summed E-state index contributed by atoms with van der Waals surface area (Å²) in [6.07, 6.45) is 0. The largest absolute Gasteiger partial charge is 0.378 e. The van der Waals surface area contributed by atoms with Gasteiger partial charge in [-0.1, -0.05) is 12.1 Å². The Labute approximate surface area is 173 Å². The number of para-hydroxylation sites is 1. The number of nitrogens with one attached hydrogen (secondary N) is 2. The fraction of sp³-hybridized carbons (Fsp3) is 0.318. The SMILES string of the molecule is Cc1cccc2[nH]c(CNC(=O)c3ccc4c(c3)nc(N3CCOCC3)n4C)nc12. The third-order valence-corrected chi connectivity index (χ3v) is 5.59. The molecule has 2 aromatic carbocycles. The molecule has 1 aliphatic rings. The lowest BCUT2D eigenvalue weighted by molar-refractivity contribution is 0.0950. The summed E-state index contributed by atoms with van der Waals surface area (Å²) in [5.74, 6) is 1.50. The Hall–Kier alpha value is -3.39. The van der Waals surface area contributed by atoms with Gasteiger partial charge < -0.3 is 24.5 Å². The van der Waals surface area contributed by atoms with E-state index in [1.165, 1.54) is 0 Å². The molecule has 5 rings (SSSR count). The number of fused-ring (bicyclic) bond motifs is 2. The molecule has 1 fully saturated rings. The number of rotatable bonds is 4. The number of carbonyl (C=O) groups is 1. The van der Waals surface area contributed by atoms with Gasteiger partial charge in [0.1, 0.15) is 5.82 Å². The van der Waals surface area contributed by atoms with Crippen LogP contribution in [-0.2, 0) is 18.3 Å². The quantitative estimate of drug-likeness (QED) is 0.546. The van der Waals surface area contributed by atoms with E-state index >= 15 is 0 Å². The van der Waals surface area contributed by atoms with Crippen LogP contribution < -0.4 is 10.2 Å². The highest BCUT2D eigenvalue weighted by molar-refractivity contribution is 5.97. The average Bonchev–Trinajstić information content (AvgIpc) is 3.34. The van der Waals surface area contributed by atoms with Gasteiger partial charge in [-0.2, -0.15) is 0 Å². The van der Waals surface area contributed by atoms with Crippen molar-refractivity contribution in [1.29, 1.82) is 0 Å². The molecule has 30 heavy (non-hydrogen) atoms. The second-order valence-corrected chi connectivity index (χ2v) is 7.61. The van der Waals surface area contributed by atoms with Gasteiger partial charge in [0.15, 0.2) is 0 Å². The molecule has 0 saturated carbocycles. The first-order valence-electron chi connectivity index (χ1n) is 10.1. The van der Waals surface area contributed by atoms with E-state index < -0.39 is 0 Å². The summed E-state index contributed by atoms with van der Waals surface area (Å²) in [5.41, 5.74) is 5.42. The number of aromatic amines is 1. The summed E-state index contributed by atoms with van der Waals surface area (Å²) in [6, 6.07) is 11.6. The minimum Gasteiger partial charge on any atom is -0.378 e. The molecule has 8 heteroatoms. The van der Waals surface area contributed by atoms with Gasteiger partial charge in [0.05, 0.1) is 41.8 Å². The Balaban J connectivity index is 1.34. The molecule has 1 saturated heterocycles. The molecule has 154 valence electrons. The van der Waals surface area contributed by atoms with Crippen molar-refractivity contribution in [3.63, 3.8) is 0 Å². The monoisotopic (exact) mass is 404 g/mol. The van der Waals surface area contributed by atoms with Gasteiger partial charge >= 0.3 is 0 Å².